The summed E-state index contributed by atoms with van der Waals surface area (Å²) in [6, 6.07) is 8.04. The Balaban J connectivity index is 2.77. The van der Waals surface area contributed by atoms with E-state index >= 15 is 0 Å². The average molecular weight is 208 g/mol. The zero-order valence-electron chi connectivity index (χ0n) is 9.73. The molecule has 0 radical (unpaired) electrons. The smallest absolute Gasteiger partial charge is 0.122 e. The van der Waals surface area contributed by atoms with Crippen molar-refractivity contribution in [1.29, 1.82) is 0 Å². The van der Waals surface area contributed by atoms with E-state index in [1.54, 1.807) is 6.92 Å². The second kappa shape index (κ2) is 5.76. The molecule has 84 valence electrons. The largest absolute Gasteiger partial charge is 0.491 e. The summed E-state index contributed by atoms with van der Waals surface area (Å²) < 4.78 is 5.57. The van der Waals surface area contributed by atoms with Crippen LogP contribution in [0.25, 0.3) is 0 Å². The first-order valence-electron chi connectivity index (χ1n) is 5.55. The Morgan fingerprint density at radius 3 is 2.53 bits per heavy atom. The number of hydrogen-bond donors (Lipinski definition) is 1. The van der Waals surface area contributed by atoms with Gasteiger partial charge in [0.15, 0.2) is 0 Å². The minimum absolute atomic E-state index is 0.355. The standard InChI is InChI=1S/C13H20O2/c1-4-10(2)12-7-5-6-8-13(12)15-9-11(3)14/h5-8,10-11,14H,4,9H2,1-3H3/t10?,11-/m1/s1. The van der Waals surface area contributed by atoms with Crippen LogP contribution in [-0.4, -0.2) is 17.8 Å². The predicted octanol–water partition coefficient (Wildman–Crippen LogP) is 2.96. The maximum absolute atomic E-state index is 9.18. The molecule has 15 heavy (non-hydrogen) atoms. The summed E-state index contributed by atoms with van der Waals surface area (Å²) in [5.41, 5.74) is 1.22. The van der Waals surface area contributed by atoms with Gasteiger partial charge in [-0.05, 0) is 30.9 Å². The summed E-state index contributed by atoms with van der Waals surface area (Å²) in [5.74, 6) is 1.39. The van der Waals surface area contributed by atoms with Crippen molar-refractivity contribution in [3.8, 4) is 5.75 Å². The fourth-order valence-electron chi connectivity index (χ4n) is 1.45. The summed E-state index contributed by atoms with van der Waals surface area (Å²) in [6.45, 7) is 6.43. The van der Waals surface area contributed by atoms with Crippen LogP contribution < -0.4 is 4.74 Å². The van der Waals surface area contributed by atoms with E-state index in [1.165, 1.54) is 5.56 Å². The van der Waals surface area contributed by atoms with E-state index in [-0.39, 0.29) is 0 Å². The summed E-state index contributed by atoms with van der Waals surface area (Å²) in [7, 11) is 0. The number of aliphatic hydroxyl groups excluding tert-OH is 1. The molecule has 0 fully saturated rings. The van der Waals surface area contributed by atoms with Gasteiger partial charge in [0.2, 0.25) is 0 Å². The van der Waals surface area contributed by atoms with Crippen molar-refractivity contribution in [2.45, 2.75) is 39.2 Å². The highest BCUT2D eigenvalue weighted by atomic mass is 16.5. The molecule has 0 bridgehead atoms. The Bertz CT molecular complexity index is 294. The van der Waals surface area contributed by atoms with E-state index in [2.05, 4.69) is 19.9 Å². The minimum Gasteiger partial charge on any atom is -0.491 e. The zero-order valence-corrected chi connectivity index (χ0v) is 9.73. The number of ether oxygens (including phenoxy) is 1. The maximum Gasteiger partial charge on any atom is 0.122 e. The monoisotopic (exact) mass is 208 g/mol. The van der Waals surface area contributed by atoms with Gasteiger partial charge in [0.05, 0.1) is 6.10 Å². The van der Waals surface area contributed by atoms with Crippen LogP contribution in [0.3, 0.4) is 0 Å². The van der Waals surface area contributed by atoms with Crippen LogP contribution in [-0.2, 0) is 0 Å². The topological polar surface area (TPSA) is 29.5 Å². The molecule has 0 aromatic heterocycles. The van der Waals surface area contributed by atoms with Crippen LogP contribution in [0.1, 0.15) is 38.7 Å². The highest BCUT2D eigenvalue weighted by Crippen LogP contribution is 2.28. The molecule has 2 heteroatoms. The van der Waals surface area contributed by atoms with Crippen molar-refractivity contribution in [3.63, 3.8) is 0 Å². The fourth-order valence-corrected chi connectivity index (χ4v) is 1.45. The Morgan fingerprint density at radius 2 is 1.93 bits per heavy atom. The minimum atomic E-state index is -0.421. The molecule has 2 atom stereocenters. The Morgan fingerprint density at radius 1 is 1.27 bits per heavy atom. The normalized spacial score (nSPS) is 14.7. The second-order valence-corrected chi connectivity index (χ2v) is 4.01. The van der Waals surface area contributed by atoms with Gasteiger partial charge >= 0.3 is 0 Å². The van der Waals surface area contributed by atoms with Crippen LogP contribution in [0.2, 0.25) is 0 Å². The highest BCUT2D eigenvalue weighted by molar-refractivity contribution is 5.35. The molecule has 0 aliphatic rings. The van der Waals surface area contributed by atoms with Crippen molar-refractivity contribution < 1.29 is 9.84 Å². The average Bonchev–Trinajstić information content (AvgIpc) is 2.25. The van der Waals surface area contributed by atoms with Gasteiger partial charge in [-0.1, -0.05) is 32.0 Å². The lowest BCUT2D eigenvalue weighted by Gasteiger charge is -2.16. The van der Waals surface area contributed by atoms with Crippen molar-refractivity contribution in [1.82, 2.24) is 0 Å². The van der Waals surface area contributed by atoms with E-state index < -0.39 is 6.10 Å². The first-order chi connectivity index (χ1) is 7.15. The third kappa shape index (κ3) is 3.56. The van der Waals surface area contributed by atoms with Gasteiger partial charge in [0.25, 0.3) is 0 Å². The number of rotatable bonds is 5. The lowest BCUT2D eigenvalue weighted by atomic mass is 9.98. The van der Waals surface area contributed by atoms with Gasteiger partial charge in [-0.25, -0.2) is 0 Å². The number of para-hydroxylation sites is 1. The van der Waals surface area contributed by atoms with Crippen LogP contribution in [0, 0.1) is 0 Å². The van der Waals surface area contributed by atoms with E-state index in [1.807, 2.05) is 18.2 Å². The van der Waals surface area contributed by atoms with Crippen molar-refractivity contribution >= 4 is 0 Å². The SMILES string of the molecule is CCC(C)c1ccccc1OC[C@@H](C)O. The van der Waals surface area contributed by atoms with E-state index in [0.29, 0.717) is 12.5 Å². The van der Waals surface area contributed by atoms with Crippen LogP contribution in [0.15, 0.2) is 24.3 Å². The summed E-state index contributed by atoms with van der Waals surface area (Å²) >= 11 is 0. The predicted molar refractivity (Wildman–Crippen MR) is 62.3 cm³/mol. The lowest BCUT2D eigenvalue weighted by molar-refractivity contribution is 0.122. The molecule has 0 spiro atoms. The lowest BCUT2D eigenvalue weighted by Crippen LogP contribution is -2.13. The van der Waals surface area contributed by atoms with Crippen LogP contribution in [0.5, 0.6) is 5.75 Å². The van der Waals surface area contributed by atoms with E-state index in [4.69, 9.17) is 4.74 Å². The molecule has 0 aliphatic carbocycles. The Hall–Kier alpha value is -1.02. The Labute approximate surface area is 91.9 Å². The second-order valence-electron chi connectivity index (χ2n) is 4.01. The van der Waals surface area contributed by atoms with Crippen molar-refractivity contribution in [2.75, 3.05) is 6.61 Å². The molecule has 1 N–H and O–H groups in total. The van der Waals surface area contributed by atoms with Gasteiger partial charge in [-0.15, -0.1) is 0 Å². The van der Waals surface area contributed by atoms with Gasteiger partial charge in [0.1, 0.15) is 12.4 Å². The molecule has 0 heterocycles. The van der Waals surface area contributed by atoms with Crippen LogP contribution in [0.4, 0.5) is 0 Å². The number of benzene rings is 1. The molecule has 0 saturated heterocycles. The first kappa shape index (κ1) is 12.1. The van der Waals surface area contributed by atoms with E-state index in [0.717, 1.165) is 12.2 Å². The first-order valence-corrected chi connectivity index (χ1v) is 5.55. The molecule has 0 aliphatic heterocycles. The molecule has 1 aromatic rings. The molecular weight excluding hydrogens is 188 g/mol. The van der Waals surface area contributed by atoms with Gasteiger partial charge in [0, 0.05) is 0 Å². The molecular formula is C13H20O2. The van der Waals surface area contributed by atoms with Crippen LogP contribution >= 0.6 is 0 Å². The van der Waals surface area contributed by atoms with Gasteiger partial charge in [-0.3, -0.25) is 0 Å². The molecule has 0 amide bonds. The molecule has 0 saturated carbocycles. The van der Waals surface area contributed by atoms with Gasteiger partial charge in [-0.2, -0.15) is 0 Å². The molecule has 2 nitrogen and oxygen atoms in total. The van der Waals surface area contributed by atoms with Crippen molar-refractivity contribution in [2.24, 2.45) is 0 Å². The fraction of sp³-hybridized carbons (Fsp3) is 0.538. The molecule has 1 aromatic carbocycles. The zero-order chi connectivity index (χ0) is 11.3. The third-order valence-electron chi connectivity index (χ3n) is 2.54. The van der Waals surface area contributed by atoms with Gasteiger partial charge < -0.3 is 9.84 Å². The third-order valence-corrected chi connectivity index (χ3v) is 2.54. The maximum atomic E-state index is 9.18. The van der Waals surface area contributed by atoms with Crippen molar-refractivity contribution in [3.05, 3.63) is 29.8 Å². The summed E-state index contributed by atoms with van der Waals surface area (Å²) in [4.78, 5) is 0. The van der Waals surface area contributed by atoms with E-state index in [9.17, 15) is 5.11 Å². The molecule has 1 rings (SSSR count). The number of hydrogen-bond acceptors (Lipinski definition) is 2. The summed E-state index contributed by atoms with van der Waals surface area (Å²) in [6.07, 6.45) is 0.671. The molecule has 1 unspecified atom stereocenters. The summed E-state index contributed by atoms with van der Waals surface area (Å²) in [5, 5.41) is 9.18. The highest BCUT2D eigenvalue weighted by Gasteiger charge is 2.09. The quantitative estimate of drug-likeness (QED) is 0.806. The number of aliphatic hydroxyl groups is 1. The Kier molecular flexibility index (Phi) is 4.63.